The average Bonchev–Trinajstić information content (AvgIpc) is 2.81. The van der Waals surface area contributed by atoms with Crippen LogP contribution in [0.1, 0.15) is 44.4 Å². The number of rotatable bonds is 8. The Balaban J connectivity index is 2.41. The summed E-state index contributed by atoms with van der Waals surface area (Å²) in [6.07, 6.45) is 4.10. The molecule has 1 rings (SSSR count). The molecule has 0 amide bonds. The predicted octanol–water partition coefficient (Wildman–Crippen LogP) is 2.85. The topological polar surface area (TPSA) is 64.9 Å². The maximum absolute atomic E-state index is 5.96. The van der Waals surface area contributed by atoms with Gasteiger partial charge in [-0.2, -0.15) is 28.5 Å². The van der Waals surface area contributed by atoms with Crippen LogP contribution in [0.4, 0.5) is 0 Å². The standard InChI is InChI=1S/C11H21N3OS2/c1-4-8(2)17-7-10-13-11(15-14-10)9(12)5-6-16-3/h8-9H,4-7,12H2,1-3H3/t8?,9-/m1/s1. The molecular weight excluding hydrogens is 254 g/mol. The minimum Gasteiger partial charge on any atom is -0.338 e. The van der Waals surface area contributed by atoms with E-state index in [2.05, 4.69) is 30.2 Å². The Kier molecular flexibility index (Phi) is 6.99. The summed E-state index contributed by atoms with van der Waals surface area (Å²) < 4.78 is 5.18. The second kappa shape index (κ2) is 8.00. The minimum atomic E-state index is -0.128. The fraction of sp³-hybridized carbons (Fsp3) is 0.818. The van der Waals surface area contributed by atoms with Crippen LogP contribution in [-0.2, 0) is 5.75 Å². The highest BCUT2D eigenvalue weighted by Gasteiger charge is 2.14. The molecule has 1 aromatic heterocycles. The summed E-state index contributed by atoms with van der Waals surface area (Å²) in [6.45, 7) is 4.38. The molecule has 2 atom stereocenters. The van der Waals surface area contributed by atoms with Gasteiger partial charge < -0.3 is 10.3 Å². The lowest BCUT2D eigenvalue weighted by Crippen LogP contribution is -2.11. The average molecular weight is 275 g/mol. The van der Waals surface area contributed by atoms with Gasteiger partial charge in [-0.15, -0.1) is 0 Å². The Morgan fingerprint density at radius 3 is 2.88 bits per heavy atom. The Hall–Kier alpha value is -0.200. The van der Waals surface area contributed by atoms with Gasteiger partial charge >= 0.3 is 0 Å². The first-order valence-electron chi connectivity index (χ1n) is 5.86. The molecule has 0 aliphatic heterocycles. The minimum absolute atomic E-state index is 0.128. The molecule has 98 valence electrons. The normalized spacial score (nSPS) is 14.8. The van der Waals surface area contributed by atoms with Crippen LogP contribution in [-0.4, -0.2) is 27.4 Å². The number of thioether (sulfide) groups is 2. The highest BCUT2D eigenvalue weighted by molar-refractivity contribution is 7.99. The highest BCUT2D eigenvalue weighted by atomic mass is 32.2. The molecule has 6 heteroatoms. The van der Waals surface area contributed by atoms with Crippen molar-refractivity contribution in [3.05, 3.63) is 11.7 Å². The molecule has 1 unspecified atom stereocenters. The quantitative estimate of drug-likeness (QED) is 0.787. The zero-order valence-electron chi connectivity index (χ0n) is 10.7. The molecule has 0 saturated carbocycles. The van der Waals surface area contributed by atoms with Crippen LogP contribution in [0.3, 0.4) is 0 Å². The number of nitrogens with zero attached hydrogens (tertiary/aromatic N) is 2. The van der Waals surface area contributed by atoms with E-state index in [-0.39, 0.29) is 6.04 Å². The first-order valence-corrected chi connectivity index (χ1v) is 8.30. The lowest BCUT2D eigenvalue weighted by atomic mass is 10.2. The van der Waals surface area contributed by atoms with Gasteiger partial charge in [0.25, 0.3) is 0 Å². The zero-order chi connectivity index (χ0) is 12.7. The molecule has 2 N–H and O–H groups in total. The second-order valence-electron chi connectivity index (χ2n) is 3.97. The van der Waals surface area contributed by atoms with Gasteiger partial charge in [0.15, 0.2) is 5.82 Å². The van der Waals surface area contributed by atoms with E-state index in [1.807, 2.05) is 11.8 Å². The van der Waals surface area contributed by atoms with E-state index >= 15 is 0 Å². The first kappa shape index (κ1) is 14.9. The van der Waals surface area contributed by atoms with Crippen LogP contribution in [0.2, 0.25) is 0 Å². The Bertz CT molecular complexity index is 319. The Morgan fingerprint density at radius 1 is 1.47 bits per heavy atom. The number of aromatic nitrogens is 2. The van der Waals surface area contributed by atoms with Gasteiger partial charge in [0.05, 0.1) is 11.8 Å². The molecule has 0 bridgehead atoms. The van der Waals surface area contributed by atoms with Crippen molar-refractivity contribution < 1.29 is 4.52 Å². The lowest BCUT2D eigenvalue weighted by molar-refractivity contribution is 0.350. The van der Waals surface area contributed by atoms with Gasteiger partial charge in [-0.05, 0) is 24.9 Å². The molecule has 0 fully saturated rings. The molecule has 0 spiro atoms. The largest absolute Gasteiger partial charge is 0.338 e. The van der Waals surface area contributed by atoms with Gasteiger partial charge in [0, 0.05) is 5.25 Å². The van der Waals surface area contributed by atoms with Gasteiger partial charge in [-0.25, -0.2) is 0 Å². The fourth-order valence-corrected chi connectivity index (χ4v) is 2.46. The van der Waals surface area contributed by atoms with Crippen molar-refractivity contribution in [2.75, 3.05) is 12.0 Å². The Morgan fingerprint density at radius 2 is 2.24 bits per heavy atom. The van der Waals surface area contributed by atoms with Crippen molar-refractivity contribution in [1.29, 1.82) is 0 Å². The van der Waals surface area contributed by atoms with Crippen molar-refractivity contribution in [3.63, 3.8) is 0 Å². The SMILES string of the molecule is CCC(C)SCc1noc([C@H](N)CCSC)n1. The molecule has 0 aromatic carbocycles. The third-order valence-electron chi connectivity index (χ3n) is 2.51. The molecule has 1 heterocycles. The molecule has 0 saturated heterocycles. The highest BCUT2D eigenvalue weighted by Crippen LogP contribution is 2.20. The monoisotopic (exact) mass is 275 g/mol. The maximum atomic E-state index is 5.96. The zero-order valence-corrected chi connectivity index (χ0v) is 12.3. The summed E-state index contributed by atoms with van der Waals surface area (Å²) in [6, 6.07) is -0.128. The van der Waals surface area contributed by atoms with Gasteiger partial charge in [-0.3, -0.25) is 0 Å². The molecular formula is C11H21N3OS2. The molecule has 0 radical (unpaired) electrons. The summed E-state index contributed by atoms with van der Waals surface area (Å²) in [5.41, 5.74) is 5.96. The number of nitrogens with two attached hydrogens (primary N) is 1. The van der Waals surface area contributed by atoms with E-state index in [4.69, 9.17) is 10.3 Å². The number of hydrogen-bond acceptors (Lipinski definition) is 6. The molecule has 17 heavy (non-hydrogen) atoms. The fourth-order valence-electron chi connectivity index (χ4n) is 1.18. The van der Waals surface area contributed by atoms with Crippen LogP contribution in [0, 0.1) is 0 Å². The Labute approximate surface area is 111 Å². The third kappa shape index (κ3) is 5.31. The molecule has 1 aromatic rings. The van der Waals surface area contributed by atoms with Gasteiger partial charge in [0.2, 0.25) is 5.89 Å². The van der Waals surface area contributed by atoms with Crippen molar-refractivity contribution in [2.45, 2.75) is 43.7 Å². The van der Waals surface area contributed by atoms with E-state index in [0.29, 0.717) is 11.1 Å². The molecule has 0 aliphatic rings. The predicted molar refractivity (Wildman–Crippen MR) is 75.3 cm³/mol. The van der Waals surface area contributed by atoms with Crippen molar-refractivity contribution >= 4 is 23.5 Å². The van der Waals surface area contributed by atoms with Crippen LogP contribution in [0.25, 0.3) is 0 Å². The molecule has 4 nitrogen and oxygen atoms in total. The summed E-state index contributed by atoms with van der Waals surface area (Å²) in [5.74, 6) is 3.14. The van der Waals surface area contributed by atoms with E-state index < -0.39 is 0 Å². The van der Waals surface area contributed by atoms with Crippen LogP contribution in [0.5, 0.6) is 0 Å². The summed E-state index contributed by atoms with van der Waals surface area (Å²) in [7, 11) is 0. The van der Waals surface area contributed by atoms with E-state index in [9.17, 15) is 0 Å². The molecule has 0 aliphatic carbocycles. The summed E-state index contributed by atoms with van der Waals surface area (Å²) in [4.78, 5) is 4.34. The first-order chi connectivity index (χ1) is 8.17. The summed E-state index contributed by atoms with van der Waals surface area (Å²) >= 11 is 3.62. The second-order valence-corrected chi connectivity index (χ2v) is 6.38. The van der Waals surface area contributed by atoms with E-state index in [0.717, 1.165) is 30.2 Å². The van der Waals surface area contributed by atoms with Gasteiger partial charge in [-0.1, -0.05) is 19.0 Å². The van der Waals surface area contributed by atoms with Gasteiger partial charge in [0.1, 0.15) is 0 Å². The number of hydrogen-bond donors (Lipinski definition) is 1. The van der Waals surface area contributed by atoms with Crippen molar-refractivity contribution in [3.8, 4) is 0 Å². The van der Waals surface area contributed by atoms with E-state index in [1.165, 1.54) is 0 Å². The van der Waals surface area contributed by atoms with E-state index in [1.54, 1.807) is 11.8 Å². The van der Waals surface area contributed by atoms with Crippen molar-refractivity contribution in [2.24, 2.45) is 5.73 Å². The maximum Gasteiger partial charge on any atom is 0.243 e. The summed E-state index contributed by atoms with van der Waals surface area (Å²) in [5, 5.41) is 4.58. The van der Waals surface area contributed by atoms with Crippen molar-refractivity contribution in [1.82, 2.24) is 10.1 Å². The lowest BCUT2D eigenvalue weighted by Gasteiger charge is -2.05. The van der Waals surface area contributed by atoms with Crippen LogP contribution in [0.15, 0.2) is 4.52 Å². The van der Waals surface area contributed by atoms with Crippen LogP contribution < -0.4 is 5.73 Å². The third-order valence-corrected chi connectivity index (χ3v) is 4.48. The smallest absolute Gasteiger partial charge is 0.243 e. The van der Waals surface area contributed by atoms with Crippen LogP contribution >= 0.6 is 23.5 Å².